The Bertz CT molecular complexity index is 672. The van der Waals surface area contributed by atoms with Gasteiger partial charge >= 0.3 is 0 Å². The average Bonchev–Trinajstić information content (AvgIpc) is 2.79. The Morgan fingerprint density at radius 3 is 2.61 bits per heavy atom. The number of rotatable bonds is 3. The molecule has 0 unspecified atom stereocenters. The van der Waals surface area contributed by atoms with Crippen LogP contribution in [0.2, 0.25) is 10.0 Å². The fourth-order valence-electron chi connectivity index (χ4n) is 2.83. The molecule has 0 bridgehead atoms. The Morgan fingerprint density at radius 2 is 1.91 bits per heavy atom. The standard InChI is InChI=1S/C16H16Cl2N2O2S/c17-12-5-4-11(13(18)9-12)8-14-15(21)20(16(22)23-14)10-19-6-2-1-3-7-19/h4-5,8-9H,1-3,6-7,10H2/p+1/b14-8-. The maximum absolute atomic E-state index is 12.5. The summed E-state index contributed by atoms with van der Waals surface area (Å²) < 4.78 is 0. The summed E-state index contributed by atoms with van der Waals surface area (Å²) in [4.78, 5) is 27.7. The van der Waals surface area contributed by atoms with Gasteiger partial charge in [-0.25, -0.2) is 4.90 Å². The maximum Gasteiger partial charge on any atom is 0.298 e. The van der Waals surface area contributed by atoms with Gasteiger partial charge in [0.1, 0.15) is 0 Å². The molecule has 2 fully saturated rings. The molecule has 2 saturated heterocycles. The summed E-state index contributed by atoms with van der Waals surface area (Å²) in [6, 6.07) is 5.08. The number of hydrogen-bond acceptors (Lipinski definition) is 3. The zero-order valence-electron chi connectivity index (χ0n) is 12.5. The van der Waals surface area contributed by atoms with E-state index in [1.54, 1.807) is 24.3 Å². The number of carbonyl (C=O) groups is 2. The Labute approximate surface area is 149 Å². The summed E-state index contributed by atoms with van der Waals surface area (Å²) in [5, 5.41) is 0.796. The van der Waals surface area contributed by atoms with Crippen LogP contribution in [0.4, 0.5) is 4.79 Å². The highest BCUT2D eigenvalue weighted by atomic mass is 35.5. The third kappa shape index (κ3) is 3.91. The largest absolute Gasteiger partial charge is 0.317 e. The molecular weight excluding hydrogens is 355 g/mol. The normalized spacial score (nSPS) is 21.5. The highest BCUT2D eigenvalue weighted by molar-refractivity contribution is 8.18. The number of quaternary nitrogens is 1. The number of benzene rings is 1. The van der Waals surface area contributed by atoms with Crippen molar-refractivity contribution in [3.8, 4) is 0 Å². The molecule has 0 atom stereocenters. The molecule has 3 rings (SSSR count). The van der Waals surface area contributed by atoms with Crippen molar-refractivity contribution in [1.29, 1.82) is 0 Å². The molecule has 1 aromatic rings. The van der Waals surface area contributed by atoms with Crippen LogP contribution in [0.3, 0.4) is 0 Å². The van der Waals surface area contributed by atoms with E-state index in [4.69, 9.17) is 23.2 Å². The van der Waals surface area contributed by atoms with Crippen molar-refractivity contribution in [3.05, 3.63) is 38.7 Å². The van der Waals surface area contributed by atoms with Crippen LogP contribution in [-0.2, 0) is 4.79 Å². The van der Waals surface area contributed by atoms with E-state index in [1.165, 1.54) is 16.2 Å². The van der Waals surface area contributed by atoms with Crippen molar-refractivity contribution in [2.45, 2.75) is 19.3 Å². The lowest BCUT2D eigenvalue weighted by Crippen LogP contribution is -3.14. The summed E-state index contributed by atoms with van der Waals surface area (Å²) in [6.45, 7) is 2.49. The first-order chi connectivity index (χ1) is 11.0. The first-order valence-electron chi connectivity index (χ1n) is 7.58. The molecule has 4 nitrogen and oxygen atoms in total. The molecule has 2 aliphatic rings. The number of carbonyl (C=O) groups excluding carboxylic acids is 2. The molecule has 2 aliphatic heterocycles. The predicted octanol–water partition coefficient (Wildman–Crippen LogP) is 3.06. The molecule has 0 spiro atoms. The lowest BCUT2D eigenvalue weighted by atomic mass is 10.1. The molecule has 7 heteroatoms. The number of amides is 2. The second kappa shape index (κ2) is 7.26. The van der Waals surface area contributed by atoms with E-state index in [0.29, 0.717) is 27.2 Å². The van der Waals surface area contributed by atoms with Crippen molar-refractivity contribution >= 4 is 52.2 Å². The first kappa shape index (κ1) is 16.8. The third-order valence-electron chi connectivity index (χ3n) is 4.07. The molecule has 1 N–H and O–H groups in total. The van der Waals surface area contributed by atoms with Crippen LogP contribution in [0.1, 0.15) is 24.8 Å². The fraction of sp³-hybridized carbons (Fsp3) is 0.375. The van der Waals surface area contributed by atoms with Gasteiger partial charge in [0, 0.05) is 10.0 Å². The molecule has 23 heavy (non-hydrogen) atoms. The summed E-state index contributed by atoms with van der Waals surface area (Å²) in [5.41, 5.74) is 0.687. The third-order valence-corrected chi connectivity index (χ3v) is 5.53. The molecular formula is C16H17Cl2N2O2S+. The Kier molecular flexibility index (Phi) is 5.31. The topological polar surface area (TPSA) is 41.8 Å². The molecule has 0 radical (unpaired) electrons. The number of likely N-dealkylation sites (tertiary alicyclic amines) is 1. The quantitative estimate of drug-likeness (QED) is 0.830. The number of imide groups is 1. The zero-order valence-corrected chi connectivity index (χ0v) is 14.8. The van der Waals surface area contributed by atoms with Crippen molar-refractivity contribution < 1.29 is 14.5 Å². The van der Waals surface area contributed by atoms with Crippen LogP contribution in [-0.4, -0.2) is 35.8 Å². The van der Waals surface area contributed by atoms with Gasteiger partial charge in [-0.2, -0.15) is 0 Å². The minimum Gasteiger partial charge on any atom is -0.317 e. The summed E-state index contributed by atoms with van der Waals surface area (Å²) >= 11 is 13.0. The van der Waals surface area contributed by atoms with Gasteiger partial charge in [0.2, 0.25) is 0 Å². The Morgan fingerprint density at radius 1 is 1.17 bits per heavy atom. The van der Waals surface area contributed by atoms with Crippen molar-refractivity contribution in [2.75, 3.05) is 19.8 Å². The van der Waals surface area contributed by atoms with Gasteiger partial charge in [-0.3, -0.25) is 9.59 Å². The molecule has 2 heterocycles. The fourth-order valence-corrected chi connectivity index (χ4v) is 4.12. The number of hydrogen-bond donors (Lipinski definition) is 1. The van der Waals surface area contributed by atoms with Gasteiger partial charge in [0.25, 0.3) is 11.1 Å². The van der Waals surface area contributed by atoms with Gasteiger partial charge in [-0.15, -0.1) is 0 Å². The highest BCUT2D eigenvalue weighted by Crippen LogP contribution is 2.33. The SMILES string of the molecule is O=C1S/C(=C\c2ccc(Cl)cc2Cl)C(=O)N1C[NH+]1CCCCC1. The summed E-state index contributed by atoms with van der Waals surface area (Å²) in [5.74, 6) is -0.232. The van der Waals surface area contributed by atoms with E-state index >= 15 is 0 Å². The number of piperidine rings is 1. The van der Waals surface area contributed by atoms with E-state index in [2.05, 4.69) is 0 Å². The molecule has 1 aromatic carbocycles. The Hall–Kier alpha value is -1.01. The lowest BCUT2D eigenvalue weighted by Gasteiger charge is -2.26. The van der Waals surface area contributed by atoms with Crippen molar-refractivity contribution in [3.63, 3.8) is 0 Å². The van der Waals surface area contributed by atoms with Crippen LogP contribution < -0.4 is 4.90 Å². The molecule has 0 aliphatic carbocycles. The summed E-state index contributed by atoms with van der Waals surface area (Å²) in [6.07, 6.45) is 5.21. The van der Waals surface area contributed by atoms with Crippen LogP contribution in [0, 0.1) is 0 Å². The predicted molar refractivity (Wildman–Crippen MR) is 93.7 cm³/mol. The van der Waals surface area contributed by atoms with E-state index in [-0.39, 0.29) is 11.1 Å². The molecule has 0 aromatic heterocycles. The first-order valence-corrected chi connectivity index (χ1v) is 9.16. The summed E-state index contributed by atoms with van der Waals surface area (Å²) in [7, 11) is 0. The monoisotopic (exact) mass is 371 g/mol. The molecule has 122 valence electrons. The lowest BCUT2D eigenvalue weighted by molar-refractivity contribution is -0.912. The van der Waals surface area contributed by atoms with Crippen LogP contribution in [0.15, 0.2) is 23.1 Å². The van der Waals surface area contributed by atoms with E-state index in [0.717, 1.165) is 37.7 Å². The van der Waals surface area contributed by atoms with Crippen molar-refractivity contribution in [1.82, 2.24) is 4.90 Å². The zero-order chi connectivity index (χ0) is 16.4. The minimum atomic E-state index is -0.232. The van der Waals surface area contributed by atoms with Gasteiger partial charge in [-0.05, 0) is 54.8 Å². The number of thioether (sulfide) groups is 1. The van der Waals surface area contributed by atoms with Crippen molar-refractivity contribution in [2.24, 2.45) is 0 Å². The molecule has 2 amide bonds. The van der Waals surface area contributed by atoms with Gasteiger partial charge in [0.05, 0.1) is 18.0 Å². The Balaban J connectivity index is 1.76. The number of halogens is 2. The second-order valence-electron chi connectivity index (χ2n) is 5.74. The molecule has 0 saturated carbocycles. The number of nitrogens with one attached hydrogen (secondary N) is 1. The van der Waals surface area contributed by atoms with Crippen LogP contribution >= 0.6 is 35.0 Å². The van der Waals surface area contributed by atoms with Gasteiger partial charge in [-0.1, -0.05) is 29.3 Å². The highest BCUT2D eigenvalue weighted by Gasteiger charge is 2.37. The van der Waals surface area contributed by atoms with Gasteiger partial charge in [0.15, 0.2) is 6.67 Å². The van der Waals surface area contributed by atoms with Crippen LogP contribution in [0.25, 0.3) is 6.08 Å². The van der Waals surface area contributed by atoms with E-state index in [9.17, 15) is 9.59 Å². The van der Waals surface area contributed by atoms with E-state index in [1.807, 2.05) is 0 Å². The minimum absolute atomic E-state index is 0.204. The number of nitrogens with zero attached hydrogens (tertiary/aromatic N) is 1. The van der Waals surface area contributed by atoms with Gasteiger partial charge < -0.3 is 4.90 Å². The maximum atomic E-state index is 12.5. The smallest absolute Gasteiger partial charge is 0.298 e. The second-order valence-corrected chi connectivity index (χ2v) is 7.58. The van der Waals surface area contributed by atoms with E-state index < -0.39 is 0 Å². The van der Waals surface area contributed by atoms with Crippen LogP contribution in [0.5, 0.6) is 0 Å². The average molecular weight is 372 g/mol.